The summed E-state index contributed by atoms with van der Waals surface area (Å²) in [5.41, 5.74) is 0.584. The van der Waals surface area contributed by atoms with Crippen molar-refractivity contribution >= 4 is 33.3 Å². The van der Waals surface area contributed by atoms with Crippen LogP contribution in [0.3, 0.4) is 0 Å². The lowest BCUT2D eigenvalue weighted by atomic mass is 10.3. The van der Waals surface area contributed by atoms with Gasteiger partial charge in [-0.3, -0.25) is 0 Å². The first-order valence-electron chi connectivity index (χ1n) is 6.26. The predicted molar refractivity (Wildman–Crippen MR) is 72.9 cm³/mol. The van der Waals surface area contributed by atoms with Crippen molar-refractivity contribution in [3.05, 3.63) is 23.0 Å². The largest absolute Gasteiger partial charge is 0.324 e. The number of halogens is 2. The standard InChI is InChI=1S/C12H11ClFN3O2S/c13-6-3-8-9(4-7(6)14)20(18,19)17-11(15-8)16-10-5-12(10)1-2-12/h3-4,10H,1-2,5H2,(H2,15,16,17)/t10-/m1/s1. The van der Waals surface area contributed by atoms with Crippen molar-refractivity contribution in [3.63, 3.8) is 0 Å². The molecule has 0 saturated heterocycles. The molecule has 1 heterocycles. The lowest BCUT2D eigenvalue weighted by molar-refractivity contribution is 0.586. The van der Waals surface area contributed by atoms with Crippen LogP contribution in [-0.2, 0) is 10.0 Å². The van der Waals surface area contributed by atoms with Crippen molar-refractivity contribution in [1.82, 2.24) is 4.72 Å². The first-order chi connectivity index (χ1) is 9.40. The highest BCUT2D eigenvalue weighted by Gasteiger charge is 2.63. The number of aliphatic imine (C=N–C) groups is 1. The molecular weight excluding hydrogens is 305 g/mol. The number of fused-ring (bicyclic) bond motifs is 1. The maximum Gasteiger partial charge on any atom is 0.266 e. The molecule has 1 aliphatic heterocycles. The summed E-state index contributed by atoms with van der Waals surface area (Å²) in [6, 6.07) is 2.36. The van der Waals surface area contributed by atoms with Crippen LogP contribution in [0.1, 0.15) is 19.3 Å². The van der Waals surface area contributed by atoms with Gasteiger partial charge < -0.3 is 5.32 Å². The smallest absolute Gasteiger partial charge is 0.266 e. The van der Waals surface area contributed by atoms with Crippen molar-refractivity contribution in [1.29, 1.82) is 0 Å². The second kappa shape index (κ2) is 3.65. The second-order valence-corrected chi connectivity index (χ2v) is 7.61. The fourth-order valence-corrected chi connectivity index (χ4v) is 3.90. The normalized spacial score (nSPS) is 29.5. The van der Waals surface area contributed by atoms with E-state index in [0.717, 1.165) is 25.3 Å². The van der Waals surface area contributed by atoms with Gasteiger partial charge in [-0.25, -0.2) is 22.5 Å². The van der Waals surface area contributed by atoms with Crippen molar-refractivity contribution in [2.75, 3.05) is 5.32 Å². The summed E-state index contributed by atoms with van der Waals surface area (Å²) < 4.78 is 39.9. The molecule has 1 spiro atoms. The van der Waals surface area contributed by atoms with Crippen LogP contribution < -0.4 is 10.0 Å². The fraction of sp³-hybridized carbons (Fsp3) is 0.417. The summed E-state index contributed by atoms with van der Waals surface area (Å²) in [4.78, 5) is 4.23. The predicted octanol–water partition coefficient (Wildman–Crippen LogP) is 2.09. The van der Waals surface area contributed by atoms with Crippen LogP contribution in [0.5, 0.6) is 0 Å². The quantitative estimate of drug-likeness (QED) is 0.833. The van der Waals surface area contributed by atoms with Crippen LogP contribution >= 0.6 is 11.6 Å². The lowest BCUT2D eigenvalue weighted by Gasteiger charge is -2.21. The first-order valence-corrected chi connectivity index (χ1v) is 8.12. The van der Waals surface area contributed by atoms with E-state index in [0.29, 0.717) is 5.41 Å². The Hall–Kier alpha value is -1.34. The number of nitrogens with zero attached hydrogens (tertiary/aromatic N) is 1. The van der Waals surface area contributed by atoms with E-state index in [1.165, 1.54) is 6.07 Å². The number of nitrogens with one attached hydrogen (secondary N) is 2. The molecular formula is C12H11ClFN3O2S. The van der Waals surface area contributed by atoms with E-state index in [-0.39, 0.29) is 27.6 Å². The minimum atomic E-state index is -3.81. The van der Waals surface area contributed by atoms with E-state index >= 15 is 0 Å². The van der Waals surface area contributed by atoms with E-state index in [1.54, 1.807) is 0 Å². The molecule has 2 saturated carbocycles. The van der Waals surface area contributed by atoms with Crippen molar-refractivity contribution < 1.29 is 12.8 Å². The number of hydrogen-bond donors (Lipinski definition) is 2. The molecule has 4 rings (SSSR count). The average Bonchev–Trinajstić information content (AvgIpc) is 3.24. The molecule has 20 heavy (non-hydrogen) atoms. The Kier molecular flexibility index (Phi) is 2.26. The number of anilines is 1. The van der Waals surface area contributed by atoms with E-state index < -0.39 is 15.8 Å². The first kappa shape index (κ1) is 12.4. The second-order valence-electron chi connectivity index (χ2n) is 5.55. The summed E-state index contributed by atoms with van der Waals surface area (Å²) >= 11 is 5.69. The summed E-state index contributed by atoms with van der Waals surface area (Å²) in [6.07, 6.45) is 3.33. The van der Waals surface area contributed by atoms with E-state index in [1.807, 2.05) is 0 Å². The highest BCUT2D eigenvalue weighted by Crippen LogP contribution is 2.67. The Morgan fingerprint density at radius 3 is 2.80 bits per heavy atom. The highest BCUT2D eigenvalue weighted by atomic mass is 35.5. The molecule has 0 bridgehead atoms. The van der Waals surface area contributed by atoms with Gasteiger partial charge in [0.15, 0.2) is 0 Å². The monoisotopic (exact) mass is 315 g/mol. The zero-order chi connectivity index (χ0) is 14.1. The molecule has 1 atom stereocenters. The van der Waals surface area contributed by atoms with E-state index in [9.17, 15) is 12.8 Å². The van der Waals surface area contributed by atoms with Gasteiger partial charge in [0.2, 0.25) is 5.96 Å². The molecule has 106 valence electrons. The van der Waals surface area contributed by atoms with Gasteiger partial charge in [0.25, 0.3) is 10.0 Å². The third kappa shape index (κ3) is 1.80. The van der Waals surface area contributed by atoms with Gasteiger partial charge in [0.05, 0.1) is 16.8 Å². The topological polar surface area (TPSA) is 70.6 Å². The zero-order valence-electron chi connectivity index (χ0n) is 10.3. The van der Waals surface area contributed by atoms with Gasteiger partial charge in [0.1, 0.15) is 10.7 Å². The van der Waals surface area contributed by atoms with Gasteiger partial charge in [-0.2, -0.15) is 0 Å². The number of guanidine groups is 1. The molecule has 1 aromatic rings. The summed E-state index contributed by atoms with van der Waals surface area (Å²) in [6.45, 7) is 0. The third-order valence-electron chi connectivity index (χ3n) is 4.12. The number of benzene rings is 1. The SMILES string of the molecule is O=S1(=O)NC(=N[C@@H]2CC23CC3)Nc2cc(Cl)c(F)cc21. The maximum atomic E-state index is 13.4. The summed E-state index contributed by atoms with van der Waals surface area (Å²) in [7, 11) is -3.81. The fourth-order valence-electron chi connectivity index (χ4n) is 2.61. The van der Waals surface area contributed by atoms with Gasteiger partial charge >= 0.3 is 0 Å². The molecule has 0 unspecified atom stereocenters. The zero-order valence-corrected chi connectivity index (χ0v) is 11.9. The van der Waals surface area contributed by atoms with Crippen LogP contribution in [0, 0.1) is 11.2 Å². The van der Waals surface area contributed by atoms with E-state index in [4.69, 9.17) is 11.6 Å². The Morgan fingerprint density at radius 1 is 1.40 bits per heavy atom. The minimum Gasteiger partial charge on any atom is -0.324 e. The van der Waals surface area contributed by atoms with Crippen LogP contribution in [0.2, 0.25) is 5.02 Å². The summed E-state index contributed by atoms with van der Waals surface area (Å²) in [5.74, 6) is -0.578. The van der Waals surface area contributed by atoms with Gasteiger partial charge in [0, 0.05) is 0 Å². The Labute approximate surface area is 120 Å². The average molecular weight is 316 g/mol. The molecule has 0 amide bonds. The van der Waals surface area contributed by atoms with Gasteiger partial charge in [-0.1, -0.05) is 11.6 Å². The molecule has 1 aromatic carbocycles. The van der Waals surface area contributed by atoms with Crippen LogP contribution in [0.25, 0.3) is 0 Å². The molecule has 0 radical (unpaired) electrons. The molecule has 2 aliphatic carbocycles. The lowest BCUT2D eigenvalue weighted by Crippen LogP contribution is -2.41. The molecule has 3 aliphatic rings. The van der Waals surface area contributed by atoms with Crippen LogP contribution in [-0.4, -0.2) is 20.4 Å². The number of rotatable bonds is 1. The van der Waals surface area contributed by atoms with Crippen LogP contribution in [0.15, 0.2) is 22.0 Å². The van der Waals surface area contributed by atoms with Crippen molar-refractivity contribution in [2.45, 2.75) is 30.2 Å². The van der Waals surface area contributed by atoms with E-state index in [2.05, 4.69) is 15.0 Å². The minimum absolute atomic E-state index is 0.127. The Bertz CT molecular complexity index is 758. The number of hydrogen-bond acceptors (Lipinski definition) is 3. The van der Waals surface area contributed by atoms with Gasteiger partial charge in [-0.15, -0.1) is 0 Å². The van der Waals surface area contributed by atoms with Crippen molar-refractivity contribution in [3.8, 4) is 0 Å². The molecule has 8 heteroatoms. The Balaban J connectivity index is 1.74. The molecule has 2 fully saturated rings. The number of sulfonamides is 1. The summed E-state index contributed by atoms with van der Waals surface area (Å²) in [5, 5.41) is 2.74. The molecule has 2 N–H and O–H groups in total. The maximum absolute atomic E-state index is 13.4. The molecule has 0 aromatic heterocycles. The highest BCUT2D eigenvalue weighted by molar-refractivity contribution is 7.90. The Morgan fingerprint density at radius 2 is 2.15 bits per heavy atom. The van der Waals surface area contributed by atoms with Crippen LogP contribution in [0.4, 0.5) is 10.1 Å². The molecule has 5 nitrogen and oxygen atoms in total. The van der Waals surface area contributed by atoms with Gasteiger partial charge in [-0.05, 0) is 36.8 Å². The van der Waals surface area contributed by atoms with Crippen molar-refractivity contribution in [2.24, 2.45) is 10.4 Å². The third-order valence-corrected chi connectivity index (χ3v) is 5.79.